The summed E-state index contributed by atoms with van der Waals surface area (Å²) in [4.78, 5) is 46.6. The SMILES string of the molecule is C=C1NC(=O)c2ccc(-c3cc(B(O)O)cc(C(F)(F)F)c3)cc21.C=C1NC(=O)c2ccc(-c3cc(B(O)O)ccc3F)cc21.C=C1NC(=O)c2ccc(-c3cc(F)cc(B(O)O)c3)cc21.C=C1NC(=O)c2ccc(-c3ccc(C(F)(F)F)c(B(O)O)c3)cc21. The van der Waals surface area contributed by atoms with E-state index < -0.39 is 69.1 Å². The molecule has 12 rings (SSSR count). The summed E-state index contributed by atoms with van der Waals surface area (Å²) in [6.45, 7) is 14.9. The summed E-state index contributed by atoms with van der Waals surface area (Å²) in [6, 6.07) is 32.8. The van der Waals surface area contributed by atoms with Crippen LogP contribution in [0.2, 0.25) is 0 Å². The Morgan fingerprint density at radius 1 is 0.322 bits per heavy atom. The number of benzene rings is 8. The quantitative estimate of drug-likeness (QED) is 0.0682. The predicted molar refractivity (Wildman–Crippen MR) is 323 cm³/mol. The first-order valence-electron chi connectivity index (χ1n) is 26.4. The fourth-order valence-electron chi connectivity index (χ4n) is 9.96. The van der Waals surface area contributed by atoms with E-state index in [4.69, 9.17) is 0 Å². The molecule has 452 valence electrons. The largest absolute Gasteiger partial charge is 0.489 e. The monoisotopic (exact) mass is 1230 g/mol. The molecule has 90 heavy (non-hydrogen) atoms. The number of nitrogens with one attached hydrogen (secondary N) is 4. The molecule has 8 aromatic carbocycles. The van der Waals surface area contributed by atoms with Crippen molar-refractivity contribution in [3.05, 3.63) is 239 Å². The molecule has 12 N–H and O–H groups in total. The minimum Gasteiger partial charge on any atom is -0.423 e. The maximum Gasteiger partial charge on any atom is 0.489 e. The Morgan fingerprint density at radius 2 is 0.689 bits per heavy atom. The van der Waals surface area contributed by atoms with Crippen LogP contribution in [0.25, 0.3) is 67.3 Å². The Morgan fingerprint density at radius 3 is 1.09 bits per heavy atom. The highest BCUT2D eigenvalue weighted by Crippen LogP contribution is 2.37. The topological polar surface area (TPSA) is 278 Å². The summed E-state index contributed by atoms with van der Waals surface area (Å²) in [6.07, 6.45) is -9.32. The molecule has 0 saturated heterocycles. The van der Waals surface area contributed by atoms with Crippen molar-refractivity contribution in [3.8, 4) is 44.5 Å². The van der Waals surface area contributed by atoms with E-state index in [9.17, 15) is 94.5 Å². The molecule has 0 fully saturated rings. The van der Waals surface area contributed by atoms with Gasteiger partial charge in [0.25, 0.3) is 23.6 Å². The summed E-state index contributed by atoms with van der Waals surface area (Å²) in [5.74, 6) is -2.11. The van der Waals surface area contributed by atoms with Gasteiger partial charge in [0.15, 0.2) is 0 Å². The smallest absolute Gasteiger partial charge is 0.423 e. The van der Waals surface area contributed by atoms with Crippen LogP contribution in [0.1, 0.15) is 74.8 Å². The fourth-order valence-corrected chi connectivity index (χ4v) is 9.96. The average molecular weight is 1230 g/mol. The maximum absolute atomic E-state index is 14.0. The van der Waals surface area contributed by atoms with Crippen molar-refractivity contribution >= 4 is 96.7 Å². The molecular formula is C62H44B4F8N4O12. The molecular weight excluding hydrogens is 1190 g/mol. The summed E-state index contributed by atoms with van der Waals surface area (Å²) < 4.78 is 105. The molecule has 28 heteroatoms. The van der Waals surface area contributed by atoms with Gasteiger partial charge in [0, 0.05) is 72.9 Å². The number of amides is 4. The molecule has 4 heterocycles. The van der Waals surface area contributed by atoms with Crippen LogP contribution in [0.4, 0.5) is 35.1 Å². The van der Waals surface area contributed by atoms with Gasteiger partial charge in [0.2, 0.25) is 0 Å². The zero-order chi connectivity index (χ0) is 65.6. The number of fused-ring (bicyclic) bond motifs is 4. The Balaban J connectivity index is 0.000000143. The number of carbonyl (C=O) groups is 4. The third-order valence-corrected chi connectivity index (χ3v) is 14.4. The van der Waals surface area contributed by atoms with Crippen LogP contribution < -0.4 is 43.1 Å². The highest BCUT2D eigenvalue weighted by Gasteiger charge is 2.37. The maximum atomic E-state index is 14.0. The number of rotatable bonds is 8. The first-order valence-corrected chi connectivity index (χ1v) is 26.4. The second-order valence-corrected chi connectivity index (χ2v) is 20.4. The second kappa shape index (κ2) is 25.2. The van der Waals surface area contributed by atoms with Crippen molar-refractivity contribution in [2.45, 2.75) is 12.4 Å². The lowest BCUT2D eigenvalue weighted by Crippen LogP contribution is -2.36. The van der Waals surface area contributed by atoms with Gasteiger partial charge < -0.3 is 61.5 Å². The van der Waals surface area contributed by atoms with Gasteiger partial charge >= 0.3 is 40.8 Å². The third kappa shape index (κ3) is 13.7. The molecule has 0 saturated carbocycles. The number of halogens is 8. The van der Waals surface area contributed by atoms with Crippen LogP contribution in [-0.2, 0) is 12.4 Å². The van der Waals surface area contributed by atoms with Gasteiger partial charge in [-0.2, -0.15) is 26.3 Å². The van der Waals surface area contributed by atoms with Crippen LogP contribution in [0.3, 0.4) is 0 Å². The van der Waals surface area contributed by atoms with E-state index in [0.29, 0.717) is 107 Å². The van der Waals surface area contributed by atoms with Gasteiger partial charge in [-0.05, 0) is 140 Å². The highest BCUT2D eigenvalue weighted by atomic mass is 19.4. The van der Waals surface area contributed by atoms with Crippen molar-refractivity contribution in [2.24, 2.45) is 0 Å². The standard InChI is InChI=1S/2C16H11BF3NO3.2C15H11BFNO3/c1-8-12-6-9(2-4-11(12)15(22)21-8)10-3-5-13(16(18,19)20)14(7-10)17(23)24;1-8-14-6-9(2-3-13(14)15(22)21-8)10-4-11(16(18,19)20)7-12(5-10)17(23)24;1-8-12-6-9(2-4-11(12)15(19)18-8)13-7-10(16(20)21)3-5-14(13)17;1-8-14-6-9(2-3-13(14)15(19)18-8)10-4-11(16(20)21)7-12(17)5-10/h2*2-7,23-24H,1H2,(H,21,22);2*2-7,20-21H,1H2,(H,18,19). The zero-order valence-corrected chi connectivity index (χ0v) is 46.2. The zero-order valence-electron chi connectivity index (χ0n) is 46.2. The molecule has 0 spiro atoms. The molecule has 8 aromatic rings. The van der Waals surface area contributed by atoms with Crippen LogP contribution in [0.5, 0.6) is 0 Å². The summed E-state index contributed by atoms with van der Waals surface area (Å²) in [5.41, 5.74) is 6.53. The molecule has 16 nitrogen and oxygen atoms in total. The van der Waals surface area contributed by atoms with Gasteiger partial charge in [-0.1, -0.05) is 93.0 Å². The Bertz CT molecular complexity index is 4370. The van der Waals surface area contributed by atoms with Gasteiger partial charge in [-0.3, -0.25) is 19.2 Å². The van der Waals surface area contributed by atoms with Gasteiger partial charge in [-0.15, -0.1) is 0 Å². The van der Waals surface area contributed by atoms with Crippen molar-refractivity contribution < 1.29 is 94.5 Å². The normalized spacial score (nSPS) is 13.4. The minimum atomic E-state index is -4.69. The molecule has 0 radical (unpaired) electrons. The first-order chi connectivity index (χ1) is 42.3. The fraction of sp³-hybridized carbons (Fsp3) is 0.0323. The predicted octanol–water partition coefficient (Wildman–Crippen LogP) is 5.31. The lowest BCUT2D eigenvalue weighted by atomic mass is 9.75. The van der Waals surface area contributed by atoms with Crippen LogP contribution >= 0.6 is 0 Å². The molecule has 0 unspecified atom stereocenters. The number of hydrogen-bond acceptors (Lipinski definition) is 12. The molecule has 4 aliphatic rings. The summed E-state index contributed by atoms with van der Waals surface area (Å²) in [5, 5.41) is 84.0. The molecule has 0 bridgehead atoms. The van der Waals surface area contributed by atoms with Crippen molar-refractivity contribution in [1.82, 2.24) is 21.3 Å². The van der Waals surface area contributed by atoms with E-state index in [1.807, 2.05) is 0 Å². The van der Waals surface area contributed by atoms with E-state index in [1.165, 1.54) is 54.6 Å². The first kappa shape index (κ1) is 64.5. The van der Waals surface area contributed by atoms with Crippen LogP contribution in [-0.4, -0.2) is 92.3 Å². The molecule has 0 aromatic heterocycles. The number of hydrogen-bond donors (Lipinski definition) is 12. The van der Waals surface area contributed by atoms with Crippen LogP contribution in [0.15, 0.2) is 172 Å². The van der Waals surface area contributed by atoms with Crippen molar-refractivity contribution in [1.29, 1.82) is 0 Å². The number of carbonyl (C=O) groups excluding carboxylic acids is 4. The van der Waals surface area contributed by atoms with Gasteiger partial charge in [0.05, 0.1) is 11.1 Å². The van der Waals surface area contributed by atoms with Crippen LogP contribution in [0, 0.1) is 11.6 Å². The van der Waals surface area contributed by atoms with E-state index in [2.05, 4.69) is 47.6 Å². The molecule has 4 amide bonds. The molecule has 0 atom stereocenters. The third-order valence-electron chi connectivity index (χ3n) is 14.4. The van der Waals surface area contributed by atoms with Crippen molar-refractivity contribution in [2.75, 3.05) is 0 Å². The Kier molecular flexibility index (Phi) is 18.1. The lowest BCUT2D eigenvalue weighted by Gasteiger charge is -2.14. The van der Waals surface area contributed by atoms with E-state index in [-0.39, 0.29) is 51.1 Å². The number of alkyl halides is 6. The Hall–Kier alpha value is -10.0. The van der Waals surface area contributed by atoms with Crippen molar-refractivity contribution in [3.63, 3.8) is 0 Å². The summed E-state index contributed by atoms with van der Waals surface area (Å²) in [7, 11) is -7.70. The Labute approximate surface area is 506 Å². The molecule has 4 aliphatic heterocycles. The van der Waals surface area contributed by atoms with E-state index in [0.717, 1.165) is 24.3 Å². The summed E-state index contributed by atoms with van der Waals surface area (Å²) >= 11 is 0. The molecule has 0 aliphatic carbocycles. The minimum absolute atomic E-state index is 0.0681. The van der Waals surface area contributed by atoms with E-state index >= 15 is 0 Å². The average Bonchev–Trinajstić information content (AvgIpc) is 1.76. The highest BCUT2D eigenvalue weighted by molar-refractivity contribution is 6.60. The van der Waals surface area contributed by atoms with E-state index in [1.54, 1.807) is 60.7 Å². The second-order valence-electron chi connectivity index (χ2n) is 20.4. The van der Waals surface area contributed by atoms with Gasteiger partial charge in [0.1, 0.15) is 11.6 Å². The lowest BCUT2D eigenvalue weighted by molar-refractivity contribution is -0.138. The van der Waals surface area contributed by atoms with Gasteiger partial charge in [-0.25, -0.2) is 8.78 Å².